The molecule has 1 aliphatic heterocycles. The lowest BCUT2D eigenvalue weighted by Crippen LogP contribution is -2.42. The summed E-state index contributed by atoms with van der Waals surface area (Å²) < 4.78 is 10.9. The van der Waals surface area contributed by atoms with Gasteiger partial charge >= 0.3 is 0 Å². The van der Waals surface area contributed by atoms with Gasteiger partial charge in [-0.2, -0.15) is 0 Å². The highest BCUT2D eigenvalue weighted by Crippen LogP contribution is 2.21. The van der Waals surface area contributed by atoms with Crippen molar-refractivity contribution < 1.29 is 24.8 Å². The lowest BCUT2D eigenvalue weighted by molar-refractivity contribution is -0.0937. The maximum atomic E-state index is 9.77. The first-order valence-corrected chi connectivity index (χ1v) is 8.05. The summed E-state index contributed by atoms with van der Waals surface area (Å²) in [5.41, 5.74) is 0. The summed E-state index contributed by atoms with van der Waals surface area (Å²) in [4.78, 5) is 0. The van der Waals surface area contributed by atoms with Crippen molar-refractivity contribution in [1.29, 1.82) is 0 Å². The number of unbranched alkanes of at least 4 members (excludes halogenated alkanes) is 4. The van der Waals surface area contributed by atoms with E-state index in [1.807, 2.05) is 0 Å². The van der Waals surface area contributed by atoms with Crippen LogP contribution in [0.2, 0.25) is 0 Å². The van der Waals surface area contributed by atoms with E-state index < -0.39 is 24.4 Å². The average Bonchev–Trinajstić information content (AvgIpc) is 2.86. The van der Waals surface area contributed by atoms with Crippen molar-refractivity contribution in [3.63, 3.8) is 0 Å². The molecule has 0 saturated carbocycles. The maximum Gasteiger partial charge on any atom is 0.114 e. The fraction of sp³-hybridized carbons (Fsp3) is 0.875. The molecule has 1 rings (SSSR count). The van der Waals surface area contributed by atoms with E-state index in [0.717, 1.165) is 25.7 Å². The normalized spacial score (nSPS) is 27.5. The van der Waals surface area contributed by atoms with Crippen molar-refractivity contribution in [2.75, 3.05) is 19.8 Å². The Morgan fingerprint density at radius 2 is 1.95 bits per heavy atom. The van der Waals surface area contributed by atoms with Crippen LogP contribution < -0.4 is 0 Å². The second kappa shape index (κ2) is 11.2. The Morgan fingerprint density at radius 1 is 1.24 bits per heavy atom. The highest BCUT2D eigenvalue weighted by atomic mass is 16.6. The summed E-state index contributed by atoms with van der Waals surface area (Å²) >= 11 is 0. The van der Waals surface area contributed by atoms with E-state index in [2.05, 4.69) is 19.1 Å². The van der Waals surface area contributed by atoms with Gasteiger partial charge in [-0.3, -0.25) is 0 Å². The summed E-state index contributed by atoms with van der Waals surface area (Å²) in [5.74, 6) is 0. The van der Waals surface area contributed by atoms with Crippen LogP contribution in [0.15, 0.2) is 12.2 Å². The number of allylic oxidation sites excluding steroid dienone is 2. The molecule has 0 amide bonds. The molecule has 0 spiro atoms. The van der Waals surface area contributed by atoms with Gasteiger partial charge in [-0.05, 0) is 25.7 Å². The first-order valence-electron chi connectivity index (χ1n) is 8.05. The maximum absolute atomic E-state index is 9.77. The largest absolute Gasteiger partial charge is 0.394 e. The predicted molar refractivity (Wildman–Crippen MR) is 81.1 cm³/mol. The minimum atomic E-state index is -1.01. The van der Waals surface area contributed by atoms with Crippen LogP contribution in [0.1, 0.15) is 45.4 Å². The van der Waals surface area contributed by atoms with E-state index in [1.165, 1.54) is 12.8 Å². The molecule has 0 radical (unpaired) electrons. The van der Waals surface area contributed by atoms with Gasteiger partial charge in [0.1, 0.15) is 24.4 Å². The van der Waals surface area contributed by atoms with Crippen molar-refractivity contribution >= 4 is 0 Å². The van der Waals surface area contributed by atoms with E-state index in [9.17, 15) is 10.2 Å². The fourth-order valence-corrected chi connectivity index (χ4v) is 2.40. The van der Waals surface area contributed by atoms with Gasteiger partial charge in [-0.25, -0.2) is 0 Å². The molecule has 1 heterocycles. The highest BCUT2D eigenvalue weighted by molar-refractivity contribution is 4.89. The molecule has 0 aliphatic carbocycles. The van der Waals surface area contributed by atoms with E-state index >= 15 is 0 Å². The minimum Gasteiger partial charge on any atom is -0.394 e. The van der Waals surface area contributed by atoms with Gasteiger partial charge in [0.15, 0.2) is 0 Å². The average molecular weight is 302 g/mol. The van der Waals surface area contributed by atoms with E-state index in [-0.39, 0.29) is 13.2 Å². The van der Waals surface area contributed by atoms with Gasteiger partial charge in [-0.1, -0.05) is 31.9 Å². The predicted octanol–water partition coefficient (Wildman–Crippen LogP) is 1.40. The van der Waals surface area contributed by atoms with Crippen molar-refractivity contribution in [1.82, 2.24) is 0 Å². The molecular weight excluding hydrogens is 272 g/mol. The summed E-state index contributed by atoms with van der Waals surface area (Å²) in [5, 5.41) is 28.3. The highest BCUT2D eigenvalue weighted by Gasteiger charge is 2.40. The van der Waals surface area contributed by atoms with Crippen LogP contribution in [-0.2, 0) is 9.47 Å². The molecule has 3 N–H and O–H groups in total. The second-order valence-electron chi connectivity index (χ2n) is 5.56. The lowest BCUT2D eigenvalue weighted by Gasteiger charge is -2.23. The summed E-state index contributed by atoms with van der Waals surface area (Å²) in [6.07, 6.45) is 8.12. The van der Waals surface area contributed by atoms with Crippen LogP contribution in [0.4, 0.5) is 0 Å². The Morgan fingerprint density at radius 3 is 2.62 bits per heavy atom. The van der Waals surface area contributed by atoms with Crippen molar-refractivity contribution in [2.45, 2.75) is 69.9 Å². The van der Waals surface area contributed by atoms with Crippen LogP contribution in [0, 0.1) is 0 Å². The van der Waals surface area contributed by atoms with Crippen molar-refractivity contribution in [2.24, 2.45) is 0 Å². The van der Waals surface area contributed by atoms with Gasteiger partial charge in [0, 0.05) is 6.61 Å². The number of hydrogen-bond donors (Lipinski definition) is 3. The Hall–Kier alpha value is -0.460. The van der Waals surface area contributed by atoms with Crippen molar-refractivity contribution in [3.05, 3.63) is 12.2 Å². The molecule has 0 unspecified atom stereocenters. The van der Waals surface area contributed by atoms with Crippen molar-refractivity contribution in [3.8, 4) is 0 Å². The van der Waals surface area contributed by atoms with Gasteiger partial charge < -0.3 is 24.8 Å². The number of aliphatic hydroxyl groups is 3. The molecule has 5 heteroatoms. The van der Waals surface area contributed by atoms with Gasteiger partial charge in [0.05, 0.1) is 13.2 Å². The first kappa shape index (κ1) is 18.6. The Bertz CT molecular complexity index is 282. The summed E-state index contributed by atoms with van der Waals surface area (Å²) in [6, 6.07) is 0. The molecule has 0 aromatic heterocycles. The molecule has 0 aromatic rings. The Kier molecular flexibility index (Phi) is 9.87. The van der Waals surface area contributed by atoms with Gasteiger partial charge in [0.25, 0.3) is 0 Å². The quantitative estimate of drug-likeness (QED) is 0.397. The topological polar surface area (TPSA) is 79.2 Å². The zero-order valence-corrected chi connectivity index (χ0v) is 13.0. The van der Waals surface area contributed by atoms with E-state index in [4.69, 9.17) is 14.6 Å². The molecule has 1 aliphatic rings. The third kappa shape index (κ3) is 6.89. The Labute approximate surface area is 127 Å². The van der Waals surface area contributed by atoms with Gasteiger partial charge in [0.2, 0.25) is 0 Å². The van der Waals surface area contributed by atoms with Crippen LogP contribution in [0.5, 0.6) is 0 Å². The summed E-state index contributed by atoms with van der Waals surface area (Å²) in [6.45, 7) is 2.47. The van der Waals surface area contributed by atoms with Crippen LogP contribution in [0.3, 0.4) is 0 Å². The molecule has 21 heavy (non-hydrogen) atoms. The molecular formula is C16H30O5. The number of ether oxygens (including phenoxy) is 2. The molecule has 124 valence electrons. The van der Waals surface area contributed by atoms with E-state index in [1.54, 1.807) is 0 Å². The molecule has 4 atom stereocenters. The lowest BCUT2D eigenvalue weighted by atomic mass is 10.1. The molecule has 1 saturated heterocycles. The van der Waals surface area contributed by atoms with Crippen LogP contribution in [-0.4, -0.2) is 59.6 Å². The fourth-order valence-electron chi connectivity index (χ4n) is 2.40. The van der Waals surface area contributed by atoms with Gasteiger partial charge in [-0.15, -0.1) is 0 Å². The summed E-state index contributed by atoms with van der Waals surface area (Å²) in [7, 11) is 0. The second-order valence-corrected chi connectivity index (χ2v) is 5.56. The SMILES string of the molecule is CCCC/C=C/CCCCO[C@@H]1[C@H]([C@@H](O)CO)OC[C@H]1O. The number of aliphatic hydroxyl groups excluding tert-OH is 3. The zero-order chi connectivity index (χ0) is 15.5. The molecule has 5 nitrogen and oxygen atoms in total. The standard InChI is InChI=1S/C16H30O5/c1-2-3-4-5-6-7-8-9-10-20-16-14(19)12-21-15(16)13(18)11-17/h5-6,13-19H,2-4,7-12H2,1H3/b6-5+/t13-,14+,15-,16-/m0/s1. The smallest absolute Gasteiger partial charge is 0.114 e. The third-order valence-electron chi connectivity index (χ3n) is 3.70. The van der Waals surface area contributed by atoms with E-state index in [0.29, 0.717) is 6.61 Å². The first-order chi connectivity index (χ1) is 10.2. The van der Waals surface area contributed by atoms with Crippen LogP contribution in [0.25, 0.3) is 0 Å². The zero-order valence-electron chi connectivity index (χ0n) is 13.0. The monoisotopic (exact) mass is 302 g/mol. The number of hydrogen-bond acceptors (Lipinski definition) is 5. The Balaban J connectivity index is 2.12. The third-order valence-corrected chi connectivity index (χ3v) is 3.70. The minimum absolute atomic E-state index is 0.145. The number of rotatable bonds is 11. The van der Waals surface area contributed by atoms with Crippen LogP contribution >= 0.6 is 0 Å². The molecule has 0 bridgehead atoms. The molecule has 1 fully saturated rings. The molecule has 0 aromatic carbocycles.